The van der Waals surface area contributed by atoms with Crippen molar-refractivity contribution >= 4 is 29.5 Å². The van der Waals surface area contributed by atoms with Crippen LogP contribution in [-0.4, -0.2) is 52.0 Å². The number of nitrogens with one attached hydrogen (secondary N) is 1. The molecule has 0 spiro atoms. The maximum atomic E-state index is 12.4. The minimum atomic E-state index is -0.884. The number of carbonyl (C=O) groups is 3. The predicted octanol–water partition coefficient (Wildman–Crippen LogP) is 1.94. The van der Waals surface area contributed by atoms with Gasteiger partial charge in [0, 0.05) is 18.7 Å². The van der Waals surface area contributed by atoms with E-state index in [1.165, 1.54) is 0 Å². The molecule has 0 bridgehead atoms. The highest BCUT2D eigenvalue weighted by Gasteiger charge is 2.36. The standard InChI is InChI=1S/C16H28N2O4S/c1-15(2,3)8-12(19)18-10-23-9-11(18)13(20)17-7-6-16(4,5)14(21)22/h11H,6-10H2,1-5H3,(H,17,20)(H,21,22). The highest BCUT2D eigenvalue weighted by Crippen LogP contribution is 2.26. The Hall–Kier alpha value is -1.24. The number of thioether (sulfide) groups is 1. The van der Waals surface area contributed by atoms with Gasteiger partial charge in [-0.3, -0.25) is 14.4 Å². The summed E-state index contributed by atoms with van der Waals surface area (Å²) >= 11 is 1.57. The molecule has 7 heteroatoms. The Bertz CT molecular complexity index is 471. The molecule has 1 saturated heterocycles. The second kappa shape index (κ2) is 7.55. The molecular weight excluding hydrogens is 316 g/mol. The average Bonchev–Trinajstić information content (AvgIpc) is 2.85. The Kier molecular flexibility index (Phi) is 6.50. The number of aliphatic carboxylic acids is 1. The van der Waals surface area contributed by atoms with Crippen molar-refractivity contribution in [2.24, 2.45) is 10.8 Å². The van der Waals surface area contributed by atoms with Gasteiger partial charge in [0.05, 0.1) is 11.3 Å². The highest BCUT2D eigenvalue weighted by atomic mass is 32.2. The fourth-order valence-electron chi connectivity index (χ4n) is 2.18. The van der Waals surface area contributed by atoms with Crippen LogP contribution >= 0.6 is 11.8 Å². The van der Waals surface area contributed by atoms with Crippen LogP contribution < -0.4 is 5.32 Å². The third-order valence-corrected chi connectivity index (χ3v) is 4.83. The summed E-state index contributed by atoms with van der Waals surface area (Å²) < 4.78 is 0. The summed E-state index contributed by atoms with van der Waals surface area (Å²) in [7, 11) is 0. The molecule has 1 fully saturated rings. The van der Waals surface area contributed by atoms with Crippen LogP contribution in [0.15, 0.2) is 0 Å². The molecule has 0 aliphatic carbocycles. The van der Waals surface area contributed by atoms with Crippen LogP contribution in [0, 0.1) is 10.8 Å². The molecular formula is C16H28N2O4S. The van der Waals surface area contributed by atoms with Crippen LogP contribution in [0.1, 0.15) is 47.5 Å². The lowest BCUT2D eigenvalue weighted by Crippen LogP contribution is -2.48. The Morgan fingerprint density at radius 1 is 1.22 bits per heavy atom. The second-order valence-electron chi connectivity index (χ2n) is 7.85. The molecule has 2 N–H and O–H groups in total. The predicted molar refractivity (Wildman–Crippen MR) is 91.1 cm³/mol. The van der Waals surface area contributed by atoms with E-state index in [4.69, 9.17) is 5.11 Å². The van der Waals surface area contributed by atoms with Crippen molar-refractivity contribution in [1.29, 1.82) is 0 Å². The number of rotatable bonds is 6. The topological polar surface area (TPSA) is 86.7 Å². The van der Waals surface area contributed by atoms with Crippen LogP contribution in [0.3, 0.4) is 0 Å². The quantitative estimate of drug-likeness (QED) is 0.769. The fourth-order valence-corrected chi connectivity index (χ4v) is 3.36. The SMILES string of the molecule is CC(C)(C)CC(=O)N1CSCC1C(=O)NCCC(C)(C)C(=O)O. The Morgan fingerprint density at radius 2 is 1.83 bits per heavy atom. The molecule has 1 aliphatic heterocycles. The molecule has 0 radical (unpaired) electrons. The first-order chi connectivity index (χ1) is 10.4. The van der Waals surface area contributed by atoms with E-state index in [-0.39, 0.29) is 17.2 Å². The van der Waals surface area contributed by atoms with Crippen molar-refractivity contribution in [3.63, 3.8) is 0 Å². The van der Waals surface area contributed by atoms with Gasteiger partial charge in [-0.05, 0) is 25.7 Å². The molecule has 1 atom stereocenters. The molecule has 0 aromatic carbocycles. The van der Waals surface area contributed by atoms with Crippen molar-refractivity contribution in [3.8, 4) is 0 Å². The van der Waals surface area contributed by atoms with Crippen LogP contribution in [0.4, 0.5) is 0 Å². The molecule has 2 amide bonds. The van der Waals surface area contributed by atoms with Gasteiger partial charge >= 0.3 is 5.97 Å². The van der Waals surface area contributed by atoms with Crippen LogP contribution in [0.5, 0.6) is 0 Å². The van der Waals surface area contributed by atoms with Gasteiger partial charge in [0.15, 0.2) is 0 Å². The number of hydrogen-bond donors (Lipinski definition) is 2. The van der Waals surface area contributed by atoms with E-state index in [1.54, 1.807) is 30.5 Å². The summed E-state index contributed by atoms with van der Waals surface area (Å²) in [5, 5.41) is 11.8. The molecule has 0 saturated carbocycles. The first kappa shape index (κ1) is 19.8. The normalized spacial score (nSPS) is 18.8. The maximum absolute atomic E-state index is 12.4. The summed E-state index contributed by atoms with van der Waals surface area (Å²) in [5.74, 6) is 0.0367. The van der Waals surface area contributed by atoms with Crippen molar-refractivity contribution < 1.29 is 19.5 Å². The van der Waals surface area contributed by atoms with E-state index in [1.807, 2.05) is 20.8 Å². The largest absolute Gasteiger partial charge is 0.481 e. The minimum Gasteiger partial charge on any atom is -0.481 e. The molecule has 1 rings (SSSR count). The van der Waals surface area contributed by atoms with Crippen molar-refractivity contribution in [2.45, 2.75) is 53.5 Å². The first-order valence-electron chi connectivity index (χ1n) is 7.82. The van der Waals surface area contributed by atoms with Gasteiger partial charge in [-0.15, -0.1) is 11.8 Å². The van der Waals surface area contributed by atoms with Crippen LogP contribution in [0.2, 0.25) is 0 Å². The number of carboxylic acids is 1. The highest BCUT2D eigenvalue weighted by molar-refractivity contribution is 7.99. The van der Waals surface area contributed by atoms with Crippen molar-refractivity contribution in [3.05, 3.63) is 0 Å². The van der Waals surface area contributed by atoms with E-state index in [9.17, 15) is 14.4 Å². The molecule has 1 unspecified atom stereocenters. The van der Waals surface area contributed by atoms with Crippen molar-refractivity contribution in [2.75, 3.05) is 18.2 Å². The Labute approximate surface area is 142 Å². The molecule has 132 valence electrons. The smallest absolute Gasteiger partial charge is 0.309 e. The van der Waals surface area contributed by atoms with Gasteiger partial charge in [-0.1, -0.05) is 20.8 Å². The van der Waals surface area contributed by atoms with Gasteiger partial charge in [0.1, 0.15) is 6.04 Å². The third-order valence-electron chi connectivity index (χ3n) is 3.82. The molecule has 6 nitrogen and oxygen atoms in total. The summed E-state index contributed by atoms with van der Waals surface area (Å²) in [4.78, 5) is 37.4. The zero-order chi connectivity index (χ0) is 17.8. The summed E-state index contributed by atoms with van der Waals surface area (Å²) in [6.07, 6.45) is 0.757. The number of carboxylic acid groups (broad SMARTS) is 1. The third kappa shape index (κ3) is 6.05. The number of carbonyl (C=O) groups excluding carboxylic acids is 2. The van der Waals surface area contributed by atoms with Gasteiger partial charge in [-0.25, -0.2) is 0 Å². The molecule has 1 aliphatic rings. The van der Waals surface area contributed by atoms with E-state index >= 15 is 0 Å². The number of amides is 2. The summed E-state index contributed by atoms with van der Waals surface area (Å²) in [6.45, 7) is 9.55. The van der Waals surface area contributed by atoms with E-state index in [0.29, 0.717) is 31.0 Å². The van der Waals surface area contributed by atoms with Gasteiger partial charge in [0.25, 0.3) is 0 Å². The Balaban J connectivity index is 2.55. The lowest BCUT2D eigenvalue weighted by atomic mass is 9.89. The molecule has 23 heavy (non-hydrogen) atoms. The minimum absolute atomic E-state index is 0.00600. The van der Waals surface area contributed by atoms with Gasteiger partial charge in [-0.2, -0.15) is 0 Å². The molecule has 0 aromatic heterocycles. The van der Waals surface area contributed by atoms with E-state index < -0.39 is 17.4 Å². The van der Waals surface area contributed by atoms with Crippen molar-refractivity contribution in [1.82, 2.24) is 10.2 Å². The monoisotopic (exact) mass is 344 g/mol. The van der Waals surface area contributed by atoms with E-state index in [0.717, 1.165) is 0 Å². The maximum Gasteiger partial charge on any atom is 0.309 e. The van der Waals surface area contributed by atoms with Crippen LogP contribution in [0.25, 0.3) is 0 Å². The summed E-state index contributed by atoms with van der Waals surface area (Å²) in [5.41, 5.74) is -0.990. The fraction of sp³-hybridized carbons (Fsp3) is 0.812. The van der Waals surface area contributed by atoms with Gasteiger partial charge in [0.2, 0.25) is 11.8 Å². The van der Waals surface area contributed by atoms with Gasteiger partial charge < -0.3 is 15.3 Å². The molecule has 0 aromatic rings. The number of nitrogens with zero attached hydrogens (tertiary/aromatic N) is 1. The molecule has 1 heterocycles. The lowest BCUT2D eigenvalue weighted by Gasteiger charge is -2.27. The average molecular weight is 344 g/mol. The Morgan fingerprint density at radius 3 is 2.35 bits per heavy atom. The lowest BCUT2D eigenvalue weighted by molar-refractivity contribution is -0.147. The first-order valence-corrected chi connectivity index (χ1v) is 8.98. The second-order valence-corrected chi connectivity index (χ2v) is 8.85. The van der Waals surface area contributed by atoms with E-state index in [2.05, 4.69) is 5.32 Å². The zero-order valence-electron chi connectivity index (χ0n) is 14.6. The zero-order valence-corrected chi connectivity index (χ0v) is 15.5. The number of hydrogen-bond acceptors (Lipinski definition) is 4. The van der Waals surface area contributed by atoms with Crippen LogP contribution in [-0.2, 0) is 14.4 Å². The summed E-state index contributed by atoms with van der Waals surface area (Å²) in [6, 6.07) is -0.456.